The second kappa shape index (κ2) is 3.76. The third-order valence-corrected chi connectivity index (χ3v) is 2.78. The van der Waals surface area contributed by atoms with Gasteiger partial charge in [0.1, 0.15) is 11.5 Å². The van der Waals surface area contributed by atoms with Gasteiger partial charge >= 0.3 is 0 Å². The minimum absolute atomic E-state index is 0.302. The van der Waals surface area contributed by atoms with E-state index in [0.29, 0.717) is 28.4 Å². The van der Waals surface area contributed by atoms with E-state index < -0.39 is 0 Å². The molecule has 2 heterocycles. The standard InChI is InChI=1S/C12H10FN5/c1-18-9-6-7(13)2-3-8(9)17-12(18)10-11(14)16-5-4-15-10/h2-6H,1H3,(H2,14,16). The molecule has 0 saturated heterocycles. The zero-order valence-electron chi connectivity index (χ0n) is 9.63. The monoisotopic (exact) mass is 243 g/mol. The molecule has 0 bridgehead atoms. The Labute approximate surface area is 102 Å². The van der Waals surface area contributed by atoms with Crippen molar-refractivity contribution in [1.29, 1.82) is 0 Å². The minimum Gasteiger partial charge on any atom is -0.382 e. The average molecular weight is 243 g/mol. The Morgan fingerprint density at radius 1 is 1.22 bits per heavy atom. The molecule has 3 aromatic rings. The van der Waals surface area contributed by atoms with Crippen LogP contribution < -0.4 is 5.73 Å². The summed E-state index contributed by atoms with van der Waals surface area (Å²) in [5.74, 6) is 0.571. The molecule has 0 aliphatic rings. The van der Waals surface area contributed by atoms with Crippen molar-refractivity contribution in [1.82, 2.24) is 19.5 Å². The summed E-state index contributed by atoms with van der Waals surface area (Å²) >= 11 is 0. The quantitative estimate of drug-likeness (QED) is 0.707. The molecule has 0 fully saturated rings. The summed E-state index contributed by atoms with van der Waals surface area (Å²) in [7, 11) is 1.79. The van der Waals surface area contributed by atoms with Gasteiger partial charge in [0, 0.05) is 19.4 Å². The maximum Gasteiger partial charge on any atom is 0.163 e. The van der Waals surface area contributed by atoms with Crippen LogP contribution in [0.3, 0.4) is 0 Å². The van der Waals surface area contributed by atoms with Crippen molar-refractivity contribution in [2.45, 2.75) is 0 Å². The largest absolute Gasteiger partial charge is 0.382 e. The first-order valence-corrected chi connectivity index (χ1v) is 5.35. The van der Waals surface area contributed by atoms with Gasteiger partial charge in [0.25, 0.3) is 0 Å². The summed E-state index contributed by atoms with van der Waals surface area (Å²) in [4.78, 5) is 12.5. The molecule has 0 aliphatic carbocycles. The molecule has 6 heteroatoms. The number of hydrogen-bond donors (Lipinski definition) is 1. The van der Waals surface area contributed by atoms with Crippen LogP contribution in [0.2, 0.25) is 0 Å². The summed E-state index contributed by atoms with van der Waals surface area (Å²) in [6.07, 6.45) is 3.06. The third-order valence-electron chi connectivity index (χ3n) is 2.78. The van der Waals surface area contributed by atoms with E-state index in [0.717, 1.165) is 0 Å². The highest BCUT2D eigenvalue weighted by molar-refractivity contribution is 5.81. The SMILES string of the molecule is Cn1c(-c2nccnc2N)nc2ccc(F)cc21. The van der Waals surface area contributed by atoms with E-state index in [1.54, 1.807) is 23.9 Å². The maximum absolute atomic E-state index is 13.2. The van der Waals surface area contributed by atoms with Crippen LogP contribution >= 0.6 is 0 Å². The number of rotatable bonds is 1. The lowest BCUT2D eigenvalue weighted by atomic mass is 10.3. The van der Waals surface area contributed by atoms with Crippen LogP contribution in [0.25, 0.3) is 22.6 Å². The molecule has 0 aliphatic heterocycles. The van der Waals surface area contributed by atoms with E-state index in [-0.39, 0.29) is 5.82 Å². The Hall–Kier alpha value is -2.50. The molecule has 0 saturated carbocycles. The Kier molecular flexibility index (Phi) is 2.22. The van der Waals surface area contributed by atoms with Crippen LogP contribution in [0.15, 0.2) is 30.6 Å². The van der Waals surface area contributed by atoms with Gasteiger partial charge in [-0.1, -0.05) is 0 Å². The van der Waals surface area contributed by atoms with Crippen LogP contribution in [-0.4, -0.2) is 19.5 Å². The van der Waals surface area contributed by atoms with Crippen molar-refractivity contribution in [3.05, 3.63) is 36.4 Å². The molecule has 0 radical (unpaired) electrons. The van der Waals surface area contributed by atoms with Crippen molar-refractivity contribution in [3.8, 4) is 11.5 Å². The smallest absolute Gasteiger partial charge is 0.163 e. The lowest BCUT2D eigenvalue weighted by Gasteiger charge is -2.03. The summed E-state index contributed by atoms with van der Waals surface area (Å²) in [5.41, 5.74) is 7.65. The highest BCUT2D eigenvalue weighted by Crippen LogP contribution is 2.25. The van der Waals surface area contributed by atoms with Crippen molar-refractivity contribution >= 4 is 16.9 Å². The lowest BCUT2D eigenvalue weighted by molar-refractivity contribution is 0.629. The molecule has 90 valence electrons. The van der Waals surface area contributed by atoms with Gasteiger partial charge in [0.05, 0.1) is 11.0 Å². The number of halogens is 1. The second-order valence-corrected chi connectivity index (χ2v) is 3.92. The highest BCUT2D eigenvalue weighted by Gasteiger charge is 2.14. The van der Waals surface area contributed by atoms with E-state index >= 15 is 0 Å². The van der Waals surface area contributed by atoms with Gasteiger partial charge in [0.2, 0.25) is 0 Å². The molecule has 0 atom stereocenters. The van der Waals surface area contributed by atoms with Gasteiger partial charge in [-0.2, -0.15) is 0 Å². The van der Waals surface area contributed by atoms with Gasteiger partial charge in [-0.3, -0.25) is 0 Å². The fourth-order valence-electron chi connectivity index (χ4n) is 1.90. The van der Waals surface area contributed by atoms with E-state index in [1.807, 2.05) is 0 Å². The predicted octanol–water partition coefficient (Wildman–Crippen LogP) is 1.75. The summed E-state index contributed by atoms with van der Waals surface area (Å²) in [5, 5.41) is 0. The molecular formula is C12H10FN5. The number of fused-ring (bicyclic) bond motifs is 1. The third kappa shape index (κ3) is 1.50. The van der Waals surface area contributed by atoms with Crippen LogP contribution in [0.1, 0.15) is 0 Å². The Balaban J connectivity index is 2.31. The molecular weight excluding hydrogens is 233 g/mol. The zero-order chi connectivity index (χ0) is 12.7. The normalized spacial score (nSPS) is 11.0. The molecule has 2 aromatic heterocycles. The Morgan fingerprint density at radius 2 is 2.00 bits per heavy atom. The molecule has 18 heavy (non-hydrogen) atoms. The van der Waals surface area contributed by atoms with Gasteiger partial charge in [-0.15, -0.1) is 0 Å². The average Bonchev–Trinajstić information content (AvgIpc) is 2.68. The van der Waals surface area contributed by atoms with E-state index in [1.165, 1.54) is 18.3 Å². The maximum atomic E-state index is 13.2. The Bertz CT molecular complexity index is 734. The van der Waals surface area contributed by atoms with Gasteiger partial charge in [0.15, 0.2) is 11.6 Å². The predicted molar refractivity (Wildman–Crippen MR) is 66.1 cm³/mol. The minimum atomic E-state index is -0.302. The first-order valence-electron chi connectivity index (χ1n) is 5.35. The van der Waals surface area contributed by atoms with Crippen LogP contribution in [0, 0.1) is 5.82 Å². The fraction of sp³-hybridized carbons (Fsp3) is 0.0833. The number of benzene rings is 1. The van der Waals surface area contributed by atoms with Crippen LogP contribution in [-0.2, 0) is 7.05 Å². The van der Waals surface area contributed by atoms with E-state index in [2.05, 4.69) is 15.0 Å². The summed E-state index contributed by atoms with van der Waals surface area (Å²) < 4.78 is 15.0. The lowest BCUT2D eigenvalue weighted by Crippen LogP contribution is -2.00. The number of nitrogen functional groups attached to an aromatic ring is 1. The van der Waals surface area contributed by atoms with Crippen molar-refractivity contribution in [2.24, 2.45) is 7.05 Å². The van der Waals surface area contributed by atoms with Gasteiger partial charge in [-0.05, 0) is 18.2 Å². The molecule has 3 rings (SSSR count). The molecule has 1 aromatic carbocycles. The Morgan fingerprint density at radius 3 is 2.78 bits per heavy atom. The number of nitrogens with two attached hydrogens (primary N) is 1. The molecule has 0 unspecified atom stereocenters. The van der Waals surface area contributed by atoms with Gasteiger partial charge in [-0.25, -0.2) is 19.3 Å². The molecule has 0 amide bonds. The van der Waals surface area contributed by atoms with Crippen molar-refractivity contribution < 1.29 is 4.39 Å². The first-order chi connectivity index (χ1) is 8.66. The summed E-state index contributed by atoms with van der Waals surface area (Å²) in [6, 6.07) is 4.43. The number of anilines is 1. The van der Waals surface area contributed by atoms with Crippen molar-refractivity contribution in [3.63, 3.8) is 0 Å². The van der Waals surface area contributed by atoms with Crippen molar-refractivity contribution in [2.75, 3.05) is 5.73 Å². The molecule has 0 spiro atoms. The molecule has 5 nitrogen and oxygen atoms in total. The molecule has 2 N–H and O–H groups in total. The van der Waals surface area contributed by atoms with E-state index in [9.17, 15) is 4.39 Å². The van der Waals surface area contributed by atoms with Crippen LogP contribution in [0.5, 0.6) is 0 Å². The topological polar surface area (TPSA) is 69.6 Å². The number of aromatic nitrogens is 4. The number of hydrogen-bond acceptors (Lipinski definition) is 4. The van der Waals surface area contributed by atoms with E-state index in [4.69, 9.17) is 5.73 Å². The second-order valence-electron chi connectivity index (χ2n) is 3.92. The number of aryl methyl sites for hydroxylation is 1. The number of nitrogens with zero attached hydrogens (tertiary/aromatic N) is 4. The summed E-state index contributed by atoms with van der Waals surface area (Å²) in [6.45, 7) is 0. The zero-order valence-corrected chi connectivity index (χ0v) is 9.63. The van der Waals surface area contributed by atoms with Gasteiger partial charge < -0.3 is 10.3 Å². The first kappa shape index (κ1) is 10.6. The number of imidazole rings is 1. The highest BCUT2D eigenvalue weighted by atomic mass is 19.1. The van der Waals surface area contributed by atoms with Crippen LogP contribution in [0.4, 0.5) is 10.2 Å². The fourth-order valence-corrected chi connectivity index (χ4v) is 1.90.